The highest BCUT2D eigenvalue weighted by atomic mass is 32.2. The van der Waals surface area contributed by atoms with E-state index in [4.69, 9.17) is 9.47 Å². The first-order chi connectivity index (χ1) is 27.0. The summed E-state index contributed by atoms with van der Waals surface area (Å²) in [5, 5.41) is 6.02. The van der Waals surface area contributed by atoms with Crippen molar-refractivity contribution in [2.24, 2.45) is 11.8 Å². The van der Waals surface area contributed by atoms with Gasteiger partial charge in [0.1, 0.15) is 11.4 Å². The van der Waals surface area contributed by atoms with E-state index in [-0.39, 0.29) is 52.2 Å². The fourth-order valence-corrected chi connectivity index (χ4v) is 11.9. The van der Waals surface area contributed by atoms with Crippen LogP contribution in [0.2, 0.25) is 0 Å². The molecule has 4 saturated heterocycles. The van der Waals surface area contributed by atoms with E-state index in [0.29, 0.717) is 32.0 Å². The molecule has 4 aliphatic heterocycles. The summed E-state index contributed by atoms with van der Waals surface area (Å²) in [6.45, 7) is 11.1. The van der Waals surface area contributed by atoms with Crippen LogP contribution in [-0.4, -0.2) is 132 Å². The molecule has 4 heterocycles. The van der Waals surface area contributed by atoms with Crippen molar-refractivity contribution in [2.45, 2.75) is 79.4 Å². The lowest BCUT2D eigenvalue weighted by atomic mass is 9.57. The van der Waals surface area contributed by atoms with Crippen LogP contribution in [0.4, 0.5) is 14.9 Å². The second kappa shape index (κ2) is 17.1. The van der Waals surface area contributed by atoms with Gasteiger partial charge in [0, 0.05) is 56.5 Å². The van der Waals surface area contributed by atoms with Gasteiger partial charge in [-0.25, -0.2) is 17.6 Å². The summed E-state index contributed by atoms with van der Waals surface area (Å²) in [7, 11) is -0.522. The van der Waals surface area contributed by atoms with Gasteiger partial charge in [0.25, 0.3) is 0 Å². The topological polar surface area (TPSA) is 124 Å². The summed E-state index contributed by atoms with van der Waals surface area (Å²) in [5.41, 5.74) is 1.32. The molecule has 12 nitrogen and oxygen atoms in total. The van der Waals surface area contributed by atoms with Crippen LogP contribution in [0.5, 0.6) is 0 Å². The van der Waals surface area contributed by atoms with Crippen LogP contribution in [0.25, 0.3) is 0 Å². The maximum atomic E-state index is 15.1. The van der Waals surface area contributed by atoms with E-state index >= 15 is 4.39 Å². The normalized spacial score (nSPS) is 26.1. The number of anilines is 1. The molecule has 2 amide bonds. The summed E-state index contributed by atoms with van der Waals surface area (Å²) in [6, 6.07) is 14.0. The van der Waals surface area contributed by atoms with Crippen molar-refractivity contribution in [3.63, 3.8) is 0 Å². The number of amides is 2. The van der Waals surface area contributed by atoms with Gasteiger partial charge in [0.15, 0.2) is 0 Å². The average molecular weight is 795 g/mol. The van der Waals surface area contributed by atoms with Gasteiger partial charge in [-0.2, -0.15) is 4.31 Å². The van der Waals surface area contributed by atoms with E-state index in [1.807, 2.05) is 18.2 Å². The summed E-state index contributed by atoms with van der Waals surface area (Å²) < 4.78 is 54.9. The minimum Gasteiger partial charge on any atom is -0.453 e. The number of methoxy groups -OCH3 is 2. The summed E-state index contributed by atoms with van der Waals surface area (Å²) in [4.78, 5) is 31.9. The second-order valence-corrected chi connectivity index (χ2v) is 18.6. The highest BCUT2D eigenvalue weighted by Crippen LogP contribution is 2.51. The number of hydrogen-bond donors (Lipinski definition) is 2. The van der Waals surface area contributed by atoms with Crippen molar-refractivity contribution >= 4 is 27.7 Å². The Bertz CT molecular complexity index is 1810. The Kier molecular flexibility index (Phi) is 12.4. The van der Waals surface area contributed by atoms with Gasteiger partial charge >= 0.3 is 6.09 Å². The van der Waals surface area contributed by atoms with Crippen LogP contribution in [0, 0.1) is 17.7 Å². The first kappa shape index (κ1) is 40.6. The Morgan fingerprint density at radius 1 is 0.929 bits per heavy atom. The molecule has 14 heteroatoms. The number of nitrogens with one attached hydrogen (secondary N) is 2. The number of benzene rings is 2. The number of hydrogen-bond acceptors (Lipinski definition) is 9. The molecule has 0 radical (unpaired) electrons. The van der Waals surface area contributed by atoms with Crippen molar-refractivity contribution < 1.29 is 31.9 Å². The number of carbonyl (C=O) groups excluding carboxylic acids is 2. The molecule has 1 aliphatic carbocycles. The van der Waals surface area contributed by atoms with Gasteiger partial charge in [0.2, 0.25) is 15.9 Å². The third-order valence-corrected chi connectivity index (χ3v) is 15.3. The molecular formula is C42H59FN6O6S. The van der Waals surface area contributed by atoms with E-state index in [2.05, 4.69) is 38.0 Å². The third-order valence-electron chi connectivity index (χ3n) is 13.4. The SMILES string of the molecule is C=CC(=O)N[C@H]1CCCN(S(=O)(=O)c2ccc(N3CC(CN4CCC(C(CN5CCC5)(c5cccc(F)c5)[C@H]5CCC[C@@H]5NC(=O)OC)CC4)(OC)C3)cc2)C1. The Morgan fingerprint density at radius 3 is 2.32 bits per heavy atom. The molecular weight excluding hydrogens is 736 g/mol. The average Bonchev–Trinajstić information content (AvgIpc) is 3.64. The molecule has 0 bridgehead atoms. The van der Waals surface area contributed by atoms with Crippen LogP contribution >= 0.6 is 0 Å². The molecule has 1 saturated carbocycles. The molecule has 7 rings (SSSR count). The Morgan fingerprint density at radius 2 is 1.68 bits per heavy atom. The number of rotatable bonds is 14. The van der Waals surface area contributed by atoms with Crippen LogP contribution in [0.3, 0.4) is 0 Å². The largest absolute Gasteiger partial charge is 0.453 e. The highest BCUT2D eigenvalue weighted by Gasteiger charge is 2.54. The van der Waals surface area contributed by atoms with E-state index in [0.717, 1.165) is 89.0 Å². The molecule has 0 spiro atoms. The van der Waals surface area contributed by atoms with E-state index in [9.17, 15) is 18.0 Å². The number of ether oxygens (including phenoxy) is 2. The van der Waals surface area contributed by atoms with E-state index in [1.54, 1.807) is 25.3 Å². The number of piperidine rings is 2. The Balaban J connectivity index is 1.01. The minimum absolute atomic E-state index is 0.0364. The van der Waals surface area contributed by atoms with Gasteiger partial charge in [-0.05, 0) is 131 Å². The van der Waals surface area contributed by atoms with E-state index < -0.39 is 16.1 Å². The molecule has 2 aromatic rings. The first-order valence-electron chi connectivity index (χ1n) is 20.4. The van der Waals surface area contributed by atoms with Crippen LogP contribution in [0.15, 0.2) is 66.1 Å². The second-order valence-electron chi connectivity index (χ2n) is 16.7. The third kappa shape index (κ3) is 8.36. The molecule has 5 aliphatic rings. The molecule has 0 aromatic heterocycles. The summed E-state index contributed by atoms with van der Waals surface area (Å²) in [6.07, 6.45) is 8.17. The van der Waals surface area contributed by atoms with Crippen LogP contribution in [0.1, 0.15) is 56.9 Å². The predicted molar refractivity (Wildman–Crippen MR) is 213 cm³/mol. The number of alkyl carbamates (subject to hydrolysis) is 1. The zero-order valence-electron chi connectivity index (χ0n) is 33.0. The number of carbonyl (C=O) groups is 2. The molecule has 5 fully saturated rings. The summed E-state index contributed by atoms with van der Waals surface area (Å²) in [5.74, 6) is -0.0509. The molecule has 2 N–H and O–H groups in total. The van der Waals surface area contributed by atoms with Crippen LogP contribution < -0.4 is 15.5 Å². The van der Waals surface area contributed by atoms with Gasteiger partial charge in [-0.1, -0.05) is 25.1 Å². The maximum absolute atomic E-state index is 15.1. The van der Waals surface area contributed by atoms with Crippen molar-refractivity contribution in [1.82, 2.24) is 24.7 Å². The molecule has 306 valence electrons. The highest BCUT2D eigenvalue weighted by molar-refractivity contribution is 7.89. The number of nitrogens with zero attached hydrogens (tertiary/aromatic N) is 4. The maximum Gasteiger partial charge on any atom is 0.407 e. The number of sulfonamides is 1. The van der Waals surface area contributed by atoms with Gasteiger partial charge in [0.05, 0.1) is 25.1 Å². The molecule has 4 atom stereocenters. The van der Waals surface area contributed by atoms with Gasteiger partial charge < -0.3 is 34.8 Å². The smallest absolute Gasteiger partial charge is 0.407 e. The fraction of sp³-hybridized carbons (Fsp3) is 0.619. The number of likely N-dealkylation sites (tertiary alicyclic amines) is 2. The lowest BCUT2D eigenvalue weighted by molar-refractivity contribution is -0.117. The zero-order valence-corrected chi connectivity index (χ0v) is 33.8. The quantitative estimate of drug-likeness (QED) is 0.269. The van der Waals surface area contributed by atoms with Crippen molar-refractivity contribution in [2.75, 3.05) is 84.6 Å². The summed E-state index contributed by atoms with van der Waals surface area (Å²) >= 11 is 0. The standard InChI is InChI=1S/C42H59FN6O6S/c1-4-39(50)44-34-11-7-22-49(26-34)56(52,53)36-16-14-35(15-17-36)48-28-41(29-48,55-3)27-47-23-18-31(19-24-47)42(30-46-20-8-21-46,32-9-5-10-33(43)25-32)37-12-6-13-38(37)45-40(51)54-2/h4-5,9-10,14-17,25,31,34,37-38H,1,6-8,11-13,18-24,26-30H2,2-3H3,(H,44,50)(H,45,51)/t34-,37-,38-,42?/m0/s1. The van der Waals surface area contributed by atoms with Gasteiger partial charge in [-0.3, -0.25) is 4.79 Å². The van der Waals surface area contributed by atoms with Crippen molar-refractivity contribution in [3.05, 3.63) is 72.6 Å². The predicted octanol–water partition coefficient (Wildman–Crippen LogP) is 4.37. The van der Waals surface area contributed by atoms with Crippen molar-refractivity contribution in [3.8, 4) is 0 Å². The lowest BCUT2D eigenvalue weighted by Gasteiger charge is -2.55. The van der Waals surface area contributed by atoms with Crippen LogP contribution in [-0.2, 0) is 29.7 Å². The first-order valence-corrected chi connectivity index (χ1v) is 21.8. The Labute approximate surface area is 331 Å². The van der Waals surface area contributed by atoms with Crippen molar-refractivity contribution in [1.29, 1.82) is 0 Å². The lowest BCUT2D eigenvalue weighted by Crippen LogP contribution is -2.68. The zero-order chi connectivity index (χ0) is 39.5. The molecule has 56 heavy (non-hydrogen) atoms. The monoisotopic (exact) mass is 794 g/mol. The van der Waals surface area contributed by atoms with Gasteiger partial charge in [-0.15, -0.1) is 0 Å². The molecule has 2 aromatic carbocycles. The molecule has 1 unspecified atom stereocenters. The Hall–Kier alpha value is -3.56. The number of halogens is 1. The fourth-order valence-electron chi connectivity index (χ4n) is 10.4. The van der Waals surface area contributed by atoms with E-state index in [1.165, 1.54) is 30.0 Å². The minimum atomic E-state index is -3.71.